The van der Waals surface area contributed by atoms with E-state index in [0.29, 0.717) is 25.6 Å². The number of esters is 1. The molecule has 1 amide bonds. The van der Waals surface area contributed by atoms with Crippen LogP contribution in [0.2, 0.25) is 0 Å². The molecule has 22 heavy (non-hydrogen) atoms. The summed E-state index contributed by atoms with van der Waals surface area (Å²) in [5, 5.41) is 5.43. The van der Waals surface area contributed by atoms with E-state index in [1.807, 2.05) is 0 Å². The van der Waals surface area contributed by atoms with Crippen LogP contribution in [0.5, 0.6) is 0 Å². The van der Waals surface area contributed by atoms with Crippen molar-refractivity contribution >= 4 is 17.6 Å². The number of ether oxygens (including phenoxy) is 1. The normalized spacial score (nSPS) is 18.1. The summed E-state index contributed by atoms with van der Waals surface area (Å²) < 4.78 is 43.1. The summed E-state index contributed by atoms with van der Waals surface area (Å²) in [6.07, 6.45) is -4.01. The van der Waals surface area contributed by atoms with Crippen molar-refractivity contribution in [1.82, 2.24) is 5.32 Å². The zero-order chi connectivity index (χ0) is 16.3. The molecule has 120 valence electrons. The van der Waals surface area contributed by atoms with E-state index in [-0.39, 0.29) is 23.1 Å². The first-order valence-electron chi connectivity index (χ1n) is 6.63. The minimum absolute atomic E-state index is 0.0767. The van der Waals surface area contributed by atoms with E-state index in [9.17, 15) is 22.8 Å². The highest BCUT2D eigenvalue weighted by molar-refractivity contribution is 5.96. The van der Waals surface area contributed by atoms with Gasteiger partial charge in [-0.05, 0) is 31.2 Å². The van der Waals surface area contributed by atoms with Crippen LogP contribution in [0.25, 0.3) is 0 Å². The molecular formula is C14H15F3N2O3. The van der Waals surface area contributed by atoms with Crippen LogP contribution < -0.4 is 10.6 Å². The van der Waals surface area contributed by atoms with Crippen LogP contribution in [0.15, 0.2) is 18.2 Å². The lowest BCUT2D eigenvalue weighted by atomic mass is 10.1. The van der Waals surface area contributed by atoms with Gasteiger partial charge in [-0.15, -0.1) is 0 Å². The zero-order valence-corrected chi connectivity index (χ0v) is 11.8. The minimum atomic E-state index is -4.63. The van der Waals surface area contributed by atoms with Crippen LogP contribution in [0.3, 0.4) is 0 Å². The third kappa shape index (κ3) is 3.76. The van der Waals surface area contributed by atoms with Gasteiger partial charge in [-0.2, -0.15) is 13.2 Å². The van der Waals surface area contributed by atoms with Crippen molar-refractivity contribution in [2.45, 2.75) is 12.6 Å². The molecule has 2 N–H and O–H groups in total. The average molecular weight is 316 g/mol. The van der Waals surface area contributed by atoms with Crippen molar-refractivity contribution in [2.75, 3.05) is 25.5 Å². The number of amides is 1. The molecule has 0 bridgehead atoms. The fraction of sp³-hybridized carbons (Fsp3) is 0.429. The highest BCUT2D eigenvalue weighted by Crippen LogP contribution is 2.32. The molecule has 1 unspecified atom stereocenters. The summed E-state index contributed by atoms with van der Waals surface area (Å²) in [5.74, 6) is -1.57. The predicted octanol–water partition coefficient (Wildman–Crippen LogP) is 2.04. The molecular weight excluding hydrogens is 301 g/mol. The molecule has 0 radical (unpaired) electrons. The molecule has 1 aromatic carbocycles. The molecule has 1 saturated heterocycles. The summed E-state index contributed by atoms with van der Waals surface area (Å²) in [4.78, 5) is 23.5. The average Bonchev–Trinajstić information content (AvgIpc) is 2.99. The Kier molecular flexibility index (Phi) is 4.70. The van der Waals surface area contributed by atoms with Crippen LogP contribution >= 0.6 is 0 Å². The molecule has 0 saturated carbocycles. The van der Waals surface area contributed by atoms with Gasteiger partial charge >= 0.3 is 12.1 Å². The molecule has 0 aliphatic carbocycles. The Bertz CT molecular complexity index is 581. The fourth-order valence-electron chi connectivity index (χ4n) is 2.22. The van der Waals surface area contributed by atoms with Gasteiger partial charge in [0.15, 0.2) is 0 Å². The molecule has 1 aromatic rings. The Morgan fingerprint density at radius 3 is 2.59 bits per heavy atom. The molecule has 1 aliphatic heterocycles. The van der Waals surface area contributed by atoms with E-state index in [1.54, 1.807) is 0 Å². The van der Waals surface area contributed by atoms with Crippen LogP contribution in [-0.2, 0) is 15.7 Å². The standard InChI is InChI=1S/C14H15F3N2O3/c1-22-13(21)9-4-10(14(15,16)17)6-11(5-9)19-12(20)8-2-3-18-7-8/h4-6,8,18H,2-3,7H2,1H3,(H,19,20). The third-order valence-corrected chi connectivity index (χ3v) is 3.38. The first kappa shape index (κ1) is 16.3. The van der Waals surface area contributed by atoms with E-state index in [4.69, 9.17) is 0 Å². The number of benzene rings is 1. The highest BCUT2D eigenvalue weighted by atomic mass is 19.4. The fourth-order valence-corrected chi connectivity index (χ4v) is 2.22. The van der Waals surface area contributed by atoms with Crippen LogP contribution in [-0.4, -0.2) is 32.1 Å². The second-order valence-electron chi connectivity index (χ2n) is 4.97. The second-order valence-corrected chi connectivity index (χ2v) is 4.97. The maximum absolute atomic E-state index is 12.9. The van der Waals surface area contributed by atoms with E-state index in [2.05, 4.69) is 15.4 Å². The third-order valence-electron chi connectivity index (χ3n) is 3.38. The molecule has 5 nitrogen and oxygen atoms in total. The van der Waals surface area contributed by atoms with Crippen molar-refractivity contribution in [2.24, 2.45) is 5.92 Å². The van der Waals surface area contributed by atoms with Gasteiger partial charge in [0.25, 0.3) is 0 Å². The van der Waals surface area contributed by atoms with E-state index in [1.165, 1.54) is 6.07 Å². The van der Waals surface area contributed by atoms with Crippen LogP contribution in [0.1, 0.15) is 22.3 Å². The van der Waals surface area contributed by atoms with Gasteiger partial charge in [0.2, 0.25) is 5.91 Å². The molecule has 1 heterocycles. The molecule has 0 spiro atoms. The summed E-state index contributed by atoms with van der Waals surface area (Å²) >= 11 is 0. The summed E-state index contributed by atoms with van der Waals surface area (Å²) in [7, 11) is 1.07. The number of nitrogens with one attached hydrogen (secondary N) is 2. The van der Waals surface area contributed by atoms with Crippen molar-refractivity contribution < 1.29 is 27.5 Å². The Morgan fingerprint density at radius 2 is 2.05 bits per heavy atom. The van der Waals surface area contributed by atoms with E-state index < -0.39 is 17.7 Å². The highest BCUT2D eigenvalue weighted by Gasteiger charge is 2.32. The Labute approximate surface area is 124 Å². The number of hydrogen-bond donors (Lipinski definition) is 2. The second kappa shape index (κ2) is 6.35. The molecule has 0 aromatic heterocycles. The molecule has 1 atom stereocenters. The largest absolute Gasteiger partial charge is 0.465 e. The smallest absolute Gasteiger partial charge is 0.416 e. The summed E-state index contributed by atoms with van der Waals surface area (Å²) in [6.45, 7) is 1.17. The van der Waals surface area contributed by atoms with Gasteiger partial charge in [0, 0.05) is 12.2 Å². The number of methoxy groups -OCH3 is 1. The number of alkyl halides is 3. The first-order valence-corrected chi connectivity index (χ1v) is 6.63. The summed E-state index contributed by atoms with van der Waals surface area (Å²) in [5.41, 5.74) is -1.36. The van der Waals surface area contributed by atoms with Crippen LogP contribution in [0, 0.1) is 5.92 Å². The number of halogens is 3. The van der Waals surface area contributed by atoms with Crippen molar-refractivity contribution in [3.8, 4) is 0 Å². The zero-order valence-electron chi connectivity index (χ0n) is 11.8. The van der Waals surface area contributed by atoms with Crippen LogP contribution in [0.4, 0.5) is 18.9 Å². The Morgan fingerprint density at radius 1 is 1.32 bits per heavy atom. The lowest BCUT2D eigenvalue weighted by Gasteiger charge is -2.14. The van der Waals surface area contributed by atoms with Gasteiger partial charge in [0.1, 0.15) is 0 Å². The maximum Gasteiger partial charge on any atom is 0.416 e. The van der Waals surface area contributed by atoms with Gasteiger partial charge in [-0.1, -0.05) is 0 Å². The van der Waals surface area contributed by atoms with Gasteiger partial charge in [-0.25, -0.2) is 4.79 Å². The minimum Gasteiger partial charge on any atom is -0.465 e. The predicted molar refractivity (Wildman–Crippen MR) is 72.4 cm³/mol. The maximum atomic E-state index is 12.9. The Hall–Kier alpha value is -2.09. The number of rotatable bonds is 3. The van der Waals surface area contributed by atoms with E-state index >= 15 is 0 Å². The number of carbonyl (C=O) groups is 2. The number of hydrogen-bond acceptors (Lipinski definition) is 4. The number of carbonyl (C=O) groups excluding carboxylic acids is 2. The van der Waals surface area contributed by atoms with Crippen molar-refractivity contribution in [3.63, 3.8) is 0 Å². The molecule has 2 rings (SSSR count). The Balaban J connectivity index is 2.29. The van der Waals surface area contributed by atoms with E-state index in [0.717, 1.165) is 13.2 Å². The van der Waals surface area contributed by atoms with Gasteiger partial charge in [-0.3, -0.25) is 4.79 Å². The molecule has 8 heteroatoms. The monoisotopic (exact) mass is 316 g/mol. The molecule has 1 fully saturated rings. The topological polar surface area (TPSA) is 67.4 Å². The quantitative estimate of drug-likeness (QED) is 0.838. The molecule has 1 aliphatic rings. The summed E-state index contributed by atoms with van der Waals surface area (Å²) in [6, 6.07) is 2.66. The van der Waals surface area contributed by atoms with Crippen molar-refractivity contribution in [1.29, 1.82) is 0 Å². The first-order chi connectivity index (χ1) is 10.3. The van der Waals surface area contributed by atoms with Crippen molar-refractivity contribution in [3.05, 3.63) is 29.3 Å². The van der Waals surface area contributed by atoms with Gasteiger partial charge in [0.05, 0.1) is 24.2 Å². The lowest BCUT2D eigenvalue weighted by molar-refractivity contribution is -0.137. The lowest BCUT2D eigenvalue weighted by Crippen LogP contribution is -2.25. The number of anilines is 1. The van der Waals surface area contributed by atoms with Gasteiger partial charge < -0.3 is 15.4 Å². The SMILES string of the molecule is COC(=O)c1cc(NC(=O)C2CCNC2)cc(C(F)(F)F)c1.